The average molecular weight is 309 g/mol. The van der Waals surface area contributed by atoms with Gasteiger partial charge in [-0.2, -0.15) is 0 Å². The summed E-state index contributed by atoms with van der Waals surface area (Å²) in [6, 6.07) is 5.30. The molecule has 0 unspecified atom stereocenters. The number of nitrogens with one attached hydrogen (secondary N) is 1. The summed E-state index contributed by atoms with van der Waals surface area (Å²) < 4.78 is 16.0. The number of hydrogen-bond acceptors (Lipinski definition) is 5. The molecule has 1 aromatic carbocycles. The quantitative estimate of drug-likeness (QED) is 0.672. The molecule has 1 aliphatic rings. The Morgan fingerprint density at radius 1 is 1.18 bits per heavy atom. The SMILES string of the molecule is O=C(O)CCCCC(=O)NCCOc1ccc2c(c1)OCO2. The van der Waals surface area contributed by atoms with Crippen LogP contribution in [0.3, 0.4) is 0 Å². The molecule has 0 bridgehead atoms. The van der Waals surface area contributed by atoms with Crippen molar-refractivity contribution in [2.75, 3.05) is 19.9 Å². The summed E-state index contributed by atoms with van der Waals surface area (Å²) in [4.78, 5) is 21.8. The number of unbranched alkanes of at least 4 members (excludes halogenated alkanes) is 1. The van der Waals surface area contributed by atoms with Crippen LogP contribution in [-0.2, 0) is 9.59 Å². The van der Waals surface area contributed by atoms with E-state index in [-0.39, 0.29) is 19.1 Å². The lowest BCUT2D eigenvalue weighted by molar-refractivity contribution is -0.137. The van der Waals surface area contributed by atoms with E-state index in [9.17, 15) is 9.59 Å². The highest BCUT2D eigenvalue weighted by atomic mass is 16.7. The van der Waals surface area contributed by atoms with Crippen molar-refractivity contribution in [3.8, 4) is 17.2 Å². The Balaban J connectivity index is 1.57. The summed E-state index contributed by atoms with van der Waals surface area (Å²) in [5.41, 5.74) is 0. The zero-order valence-electron chi connectivity index (χ0n) is 12.2. The van der Waals surface area contributed by atoms with E-state index in [1.807, 2.05) is 0 Å². The maximum absolute atomic E-state index is 11.5. The second kappa shape index (κ2) is 8.11. The lowest BCUT2D eigenvalue weighted by atomic mass is 10.2. The number of benzene rings is 1. The first-order valence-electron chi connectivity index (χ1n) is 7.16. The van der Waals surface area contributed by atoms with Gasteiger partial charge in [0.1, 0.15) is 12.4 Å². The van der Waals surface area contributed by atoms with E-state index >= 15 is 0 Å². The van der Waals surface area contributed by atoms with Gasteiger partial charge in [0.2, 0.25) is 12.7 Å². The third-order valence-electron chi connectivity index (χ3n) is 3.08. The number of amides is 1. The molecule has 0 fully saturated rings. The van der Waals surface area contributed by atoms with Gasteiger partial charge in [-0.05, 0) is 25.0 Å². The maximum atomic E-state index is 11.5. The van der Waals surface area contributed by atoms with E-state index in [1.165, 1.54) is 0 Å². The summed E-state index contributed by atoms with van der Waals surface area (Å²) in [5.74, 6) is 1.07. The van der Waals surface area contributed by atoms with Crippen LogP contribution < -0.4 is 19.5 Å². The molecule has 1 aliphatic heterocycles. The van der Waals surface area contributed by atoms with Crippen molar-refractivity contribution in [2.45, 2.75) is 25.7 Å². The number of carboxylic acid groups (broad SMARTS) is 1. The number of ether oxygens (including phenoxy) is 3. The molecule has 120 valence electrons. The number of carboxylic acids is 1. The van der Waals surface area contributed by atoms with Gasteiger partial charge in [0.15, 0.2) is 11.5 Å². The van der Waals surface area contributed by atoms with Gasteiger partial charge in [-0.15, -0.1) is 0 Å². The molecule has 1 amide bonds. The normalized spacial score (nSPS) is 12.0. The monoisotopic (exact) mass is 309 g/mol. The van der Waals surface area contributed by atoms with Crippen LogP contribution in [0.2, 0.25) is 0 Å². The van der Waals surface area contributed by atoms with Crippen LogP contribution in [0.4, 0.5) is 0 Å². The minimum Gasteiger partial charge on any atom is -0.492 e. The van der Waals surface area contributed by atoms with Gasteiger partial charge in [0.05, 0.1) is 6.54 Å². The molecule has 0 spiro atoms. The molecule has 1 aromatic rings. The summed E-state index contributed by atoms with van der Waals surface area (Å²) in [5, 5.41) is 11.2. The van der Waals surface area contributed by atoms with Crippen LogP contribution >= 0.6 is 0 Å². The van der Waals surface area contributed by atoms with E-state index in [4.69, 9.17) is 19.3 Å². The van der Waals surface area contributed by atoms with Crippen LogP contribution in [0.15, 0.2) is 18.2 Å². The number of aliphatic carboxylic acids is 1. The first kappa shape index (κ1) is 15.9. The van der Waals surface area contributed by atoms with Gasteiger partial charge < -0.3 is 24.6 Å². The Morgan fingerprint density at radius 2 is 1.95 bits per heavy atom. The van der Waals surface area contributed by atoms with E-state index in [1.54, 1.807) is 18.2 Å². The first-order chi connectivity index (χ1) is 10.6. The Bertz CT molecular complexity index is 531. The molecule has 0 aromatic heterocycles. The highest BCUT2D eigenvalue weighted by Crippen LogP contribution is 2.34. The number of fused-ring (bicyclic) bond motifs is 1. The molecular formula is C15H19NO6. The average Bonchev–Trinajstić information content (AvgIpc) is 2.95. The fraction of sp³-hybridized carbons (Fsp3) is 0.467. The van der Waals surface area contributed by atoms with Crippen molar-refractivity contribution in [3.05, 3.63) is 18.2 Å². The molecule has 0 radical (unpaired) electrons. The third kappa shape index (κ3) is 5.16. The number of rotatable bonds is 9. The van der Waals surface area contributed by atoms with Crippen LogP contribution in [0.25, 0.3) is 0 Å². The zero-order valence-corrected chi connectivity index (χ0v) is 12.2. The van der Waals surface area contributed by atoms with E-state index < -0.39 is 5.97 Å². The molecule has 22 heavy (non-hydrogen) atoms. The molecule has 0 atom stereocenters. The largest absolute Gasteiger partial charge is 0.492 e. The Hall–Kier alpha value is -2.44. The van der Waals surface area contributed by atoms with Crippen LogP contribution in [-0.4, -0.2) is 36.9 Å². The van der Waals surface area contributed by atoms with Crippen LogP contribution in [0, 0.1) is 0 Å². The Morgan fingerprint density at radius 3 is 2.77 bits per heavy atom. The second-order valence-corrected chi connectivity index (χ2v) is 4.81. The van der Waals surface area contributed by atoms with Crippen molar-refractivity contribution in [1.82, 2.24) is 5.32 Å². The van der Waals surface area contributed by atoms with E-state index in [2.05, 4.69) is 5.32 Å². The predicted octanol–water partition coefficient (Wildman–Crippen LogP) is 1.56. The van der Waals surface area contributed by atoms with Gasteiger partial charge in [-0.1, -0.05) is 0 Å². The van der Waals surface area contributed by atoms with Gasteiger partial charge in [-0.25, -0.2) is 0 Å². The standard InChI is InChI=1S/C15H19NO6/c17-14(3-1-2-4-15(18)19)16-7-8-20-11-5-6-12-13(9-11)22-10-21-12/h5-6,9H,1-4,7-8,10H2,(H,16,17)(H,18,19). The predicted molar refractivity (Wildman–Crippen MR) is 77.2 cm³/mol. The minimum atomic E-state index is -0.836. The first-order valence-corrected chi connectivity index (χ1v) is 7.16. The molecule has 2 rings (SSSR count). The highest BCUT2D eigenvalue weighted by molar-refractivity contribution is 5.75. The summed E-state index contributed by atoms with van der Waals surface area (Å²) >= 11 is 0. The number of carbonyl (C=O) groups excluding carboxylic acids is 1. The molecule has 0 saturated heterocycles. The van der Waals surface area contributed by atoms with E-state index in [0.29, 0.717) is 49.7 Å². The van der Waals surface area contributed by atoms with Crippen LogP contribution in [0.1, 0.15) is 25.7 Å². The van der Waals surface area contributed by atoms with Gasteiger partial charge >= 0.3 is 5.97 Å². The summed E-state index contributed by atoms with van der Waals surface area (Å²) in [7, 11) is 0. The Kier molecular flexibility index (Phi) is 5.88. The van der Waals surface area contributed by atoms with Crippen molar-refractivity contribution < 1.29 is 28.9 Å². The van der Waals surface area contributed by atoms with Gasteiger partial charge in [0, 0.05) is 18.9 Å². The molecule has 7 heteroatoms. The third-order valence-corrected chi connectivity index (χ3v) is 3.08. The number of hydrogen-bond donors (Lipinski definition) is 2. The topological polar surface area (TPSA) is 94.1 Å². The summed E-state index contributed by atoms with van der Waals surface area (Å²) in [6.07, 6.45) is 1.51. The van der Waals surface area contributed by atoms with Gasteiger partial charge in [-0.3, -0.25) is 9.59 Å². The van der Waals surface area contributed by atoms with Gasteiger partial charge in [0.25, 0.3) is 0 Å². The van der Waals surface area contributed by atoms with E-state index in [0.717, 1.165) is 0 Å². The minimum absolute atomic E-state index is 0.0975. The Labute approximate surface area is 128 Å². The fourth-order valence-electron chi connectivity index (χ4n) is 1.98. The lowest BCUT2D eigenvalue weighted by Gasteiger charge is -2.08. The smallest absolute Gasteiger partial charge is 0.303 e. The maximum Gasteiger partial charge on any atom is 0.303 e. The van der Waals surface area contributed by atoms with Crippen molar-refractivity contribution in [1.29, 1.82) is 0 Å². The molecule has 0 saturated carbocycles. The molecule has 0 aliphatic carbocycles. The second-order valence-electron chi connectivity index (χ2n) is 4.81. The van der Waals surface area contributed by atoms with Crippen molar-refractivity contribution >= 4 is 11.9 Å². The number of carbonyl (C=O) groups is 2. The van der Waals surface area contributed by atoms with Crippen LogP contribution in [0.5, 0.6) is 17.2 Å². The fourth-order valence-corrected chi connectivity index (χ4v) is 1.98. The molecule has 2 N–H and O–H groups in total. The van der Waals surface area contributed by atoms with Crippen molar-refractivity contribution in [2.24, 2.45) is 0 Å². The molecule has 1 heterocycles. The molecular weight excluding hydrogens is 290 g/mol. The zero-order chi connectivity index (χ0) is 15.8. The van der Waals surface area contributed by atoms with Crippen molar-refractivity contribution in [3.63, 3.8) is 0 Å². The highest BCUT2D eigenvalue weighted by Gasteiger charge is 2.13. The summed E-state index contributed by atoms with van der Waals surface area (Å²) in [6.45, 7) is 0.962. The lowest BCUT2D eigenvalue weighted by Crippen LogP contribution is -2.27. The molecule has 7 nitrogen and oxygen atoms in total.